The van der Waals surface area contributed by atoms with E-state index >= 15 is 0 Å². The molecule has 7 nitrogen and oxygen atoms in total. The fourth-order valence-corrected chi connectivity index (χ4v) is 4.25. The predicted molar refractivity (Wildman–Crippen MR) is 115 cm³/mol. The summed E-state index contributed by atoms with van der Waals surface area (Å²) in [6.45, 7) is 8.07. The zero-order valence-corrected chi connectivity index (χ0v) is 17.6. The second kappa shape index (κ2) is 7.63. The summed E-state index contributed by atoms with van der Waals surface area (Å²) in [4.78, 5) is 21.4. The summed E-state index contributed by atoms with van der Waals surface area (Å²) in [7, 11) is 0. The molecule has 0 radical (unpaired) electrons. The van der Waals surface area contributed by atoms with Crippen LogP contribution in [-0.2, 0) is 11.2 Å². The number of benzene rings is 1. The van der Waals surface area contributed by atoms with E-state index in [0.29, 0.717) is 5.95 Å². The van der Waals surface area contributed by atoms with E-state index in [0.717, 1.165) is 38.9 Å². The molecule has 148 valence electrons. The lowest BCUT2D eigenvalue weighted by Gasteiger charge is -2.08. The van der Waals surface area contributed by atoms with Crippen molar-refractivity contribution in [1.29, 1.82) is 0 Å². The van der Waals surface area contributed by atoms with Gasteiger partial charge in [0.2, 0.25) is 11.9 Å². The van der Waals surface area contributed by atoms with E-state index in [2.05, 4.69) is 32.6 Å². The van der Waals surface area contributed by atoms with Crippen molar-refractivity contribution in [1.82, 2.24) is 24.7 Å². The average Bonchev–Trinajstić information content (AvgIpc) is 3.39. The average molecular weight is 407 g/mol. The number of amides is 1. The van der Waals surface area contributed by atoms with Crippen molar-refractivity contribution >= 4 is 22.9 Å². The smallest absolute Gasteiger partial charge is 0.231 e. The number of carbonyl (C=O) groups excluding carboxylic acids is 1. The number of anilines is 1. The Kier molecular flexibility index (Phi) is 5.02. The number of thiazole rings is 1. The molecule has 0 unspecified atom stereocenters. The number of rotatable bonds is 5. The monoisotopic (exact) mass is 406 g/mol. The Labute approximate surface area is 172 Å². The van der Waals surface area contributed by atoms with Crippen LogP contribution in [0.15, 0.2) is 36.0 Å². The minimum absolute atomic E-state index is 0.0648. The lowest BCUT2D eigenvalue weighted by atomic mass is 10.1. The third-order valence-corrected chi connectivity index (χ3v) is 5.69. The van der Waals surface area contributed by atoms with Crippen LogP contribution in [-0.4, -0.2) is 30.6 Å². The van der Waals surface area contributed by atoms with Gasteiger partial charge in [-0.3, -0.25) is 9.36 Å². The van der Waals surface area contributed by atoms with Gasteiger partial charge in [0.05, 0.1) is 12.1 Å². The van der Waals surface area contributed by atoms with Gasteiger partial charge in [-0.25, -0.2) is 10.1 Å². The highest BCUT2D eigenvalue weighted by Crippen LogP contribution is 2.29. The molecule has 0 bridgehead atoms. The van der Waals surface area contributed by atoms with Crippen LogP contribution in [0.2, 0.25) is 0 Å². The fourth-order valence-electron chi connectivity index (χ4n) is 3.46. The molecule has 1 amide bonds. The molecule has 0 atom stereocenters. The minimum Gasteiger partial charge on any atom is -0.325 e. The van der Waals surface area contributed by atoms with E-state index in [4.69, 9.17) is 4.98 Å². The molecule has 0 aliphatic carbocycles. The molecule has 0 saturated carbocycles. The second-order valence-corrected chi connectivity index (χ2v) is 8.04. The quantitative estimate of drug-likeness (QED) is 0.521. The molecule has 1 aromatic carbocycles. The van der Waals surface area contributed by atoms with Gasteiger partial charge in [-0.2, -0.15) is 10.1 Å². The van der Waals surface area contributed by atoms with Gasteiger partial charge in [-0.15, -0.1) is 11.3 Å². The standard InChI is InChI=1S/C21H22N6OS/c1-12-5-6-17(13(2)7-12)24-19(28)9-20-25-18(10-29-20)16-8-14(3)27(15(16)4)21-22-11-23-26-21/h5-8,10-11H,9H2,1-4H3,(H,24,28)(H,22,23,26). The Morgan fingerprint density at radius 1 is 1.21 bits per heavy atom. The lowest BCUT2D eigenvalue weighted by molar-refractivity contribution is -0.115. The summed E-state index contributed by atoms with van der Waals surface area (Å²) in [5.41, 5.74) is 7.02. The highest BCUT2D eigenvalue weighted by atomic mass is 32.1. The Balaban J connectivity index is 1.52. The number of hydrogen-bond donors (Lipinski definition) is 2. The first-order valence-electron chi connectivity index (χ1n) is 9.29. The molecular weight excluding hydrogens is 384 g/mol. The summed E-state index contributed by atoms with van der Waals surface area (Å²) in [6.07, 6.45) is 1.74. The van der Waals surface area contributed by atoms with Gasteiger partial charge in [0, 0.05) is 28.0 Å². The normalized spacial score (nSPS) is 11.0. The molecule has 3 aromatic heterocycles. The third-order valence-electron chi connectivity index (χ3n) is 4.84. The molecule has 4 rings (SSSR count). The molecule has 4 aromatic rings. The summed E-state index contributed by atoms with van der Waals surface area (Å²) in [5.74, 6) is 0.611. The van der Waals surface area contributed by atoms with Gasteiger partial charge in [-0.05, 0) is 45.4 Å². The van der Waals surface area contributed by atoms with Crippen molar-refractivity contribution in [2.24, 2.45) is 0 Å². The number of nitrogens with zero attached hydrogens (tertiary/aromatic N) is 4. The maximum absolute atomic E-state index is 12.5. The second-order valence-electron chi connectivity index (χ2n) is 7.10. The van der Waals surface area contributed by atoms with Gasteiger partial charge in [0.1, 0.15) is 11.3 Å². The fraction of sp³-hybridized carbons (Fsp3) is 0.238. The van der Waals surface area contributed by atoms with E-state index in [9.17, 15) is 4.79 Å². The molecule has 0 spiro atoms. The highest BCUT2D eigenvalue weighted by Gasteiger charge is 2.17. The molecule has 3 heterocycles. The first-order chi connectivity index (χ1) is 13.9. The summed E-state index contributed by atoms with van der Waals surface area (Å²) in [5, 5.41) is 12.6. The zero-order valence-electron chi connectivity index (χ0n) is 16.8. The molecule has 29 heavy (non-hydrogen) atoms. The lowest BCUT2D eigenvalue weighted by Crippen LogP contribution is -2.15. The van der Waals surface area contributed by atoms with Crippen LogP contribution >= 0.6 is 11.3 Å². The van der Waals surface area contributed by atoms with Crippen LogP contribution in [0.4, 0.5) is 5.69 Å². The van der Waals surface area contributed by atoms with Gasteiger partial charge in [0.25, 0.3) is 0 Å². The van der Waals surface area contributed by atoms with Crippen LogP contribution < -0.4 is 5.32 Å². The number of carbonyl (C=O) groups is 1. The molecule has 2 N–H and O–H groups in total. The van der Waals surface area contributed by atoms with Crippen molar-refractivity contribution in [2.75, 3.05) is 5.32 Å². The maximum Gasteiger partial charge on any atom is 0.231 e. The highest BCUT2D eigenvalue weighted by molar-refractivity contribution is 7.10. The Bertz CT molecular complexity index is 1170. The summed E-state index contributed by atoms with van der Waals surface area (Å²) < 4.78 is 2.01. The minimum atomic E-state index is -0.0648. The van der Waals surface area contributed by atoms with E-state index < -0.39 is 0 Å². The number of aromatic amines is 1. The van der Waals surface area contributed by atoms with Crippen LogP contribution in [0.3, 0.4) is 0 Å². The number of H-pyrrole nitrogens is 1. The van der Waals surface area contributed by atoms with Crippen LogP contribution in [0.5, 0.6) is 0 Å². The maximum atomic E-state index is 12.5. The van der Waals surface area contributed by atoms with Crippen LogP contribution in [0, 0.1) is 27.7 Å². The number of hydrogen-bond acceptors (Lipinski definition) is 5. The van der Waals surface area contributed by atoms with Gasteiger partial charge in [-0.1, -0.05) is 17.7 Å². The van der Waals surface area contributed by atoms with E-state index in [1.165, 1.54) is 23.2 Å². The third kappa shape index (κ3) is 3.84. The van der Waals surface area contributed by atoms with E-state index in [1.54, 1.807) is 0 Å². The molecule has 0 aliphatic heterocycles. The predicted octanol–water partition coefficient (Wildman–Crippen LogP) is 4.13. The molecule has 0 aliphatic rings. The number of nitrogens with one attached hydrogen (secondary N) is 2. The van der Waals surface area contributed by atoms with Crippen molar-refractivity contribution < 1.29 is 4.79 Å². The van der Waals surface area contributed by atoms with Crippen molar-refractivity contribution in [3.8, 4) is 17.2 Å². The van der Waals surface area contributed by atoms with Gasteiger partial charge < -0.3 is 5.32 Å². The van der Waals surface area contributed by atoms with Gasteiger partial charge in [0.15, 0.2) is 0 Å². The largest absolute Gasteiger partial charge is 0.325 e. The van der Waals surface area contributed by atoms with E-state index in [1.807, 2.05) is 49.8 Å². The Hall–Kier alpha value is -3.26. The van der Waals surface area contributed by atoms with Crippen molar-refractivity contribution in [3.05, 3.63) is 63.5 Å². The first kappa shape index (κ1) is 19.1. The molecule has 0 fully saturated rings. The van der Waals surface area contributed by atoms with Gasteiger partial charge >= 0.3 is 0 Å². The SMILES string of the molecule is Cc1ccc(NC(=O)Cc2nc(-c3cc(C)n(-c4ncn[nH]4)c3C)cs2)c(C)c1. The Morgan fingerprint density at radius 3 is 2.76 bits per heavy atom. The zero-order chi connectivity index (χ0) is 20.5. The number of aryl methyl sites for hydroxylation is 3. The molecular formula is C21H22N6OS. The topological polar surface area (TPSA) is 88.5 Å². The van der Waals surface area contributed by atoms with E-state index in [-0.39, 0.29) is 12.3 Å². The van der Waals surface area contributed by atoms with Crippen molar-refractivity contribution in [2.45, 2.75) is 34.1 Å². The molecule has 0 saturated heterocycles. The van der Waals surface area contributed by atoms with Crippen LogP contribution in [0.1, 0.15) is 27.5 Å². The first-order valence-corrected chi connectivity index (χ1v) is 10.2. The van der Waals surface area contributed by atoms with Crippen LogP contribution in [0.25, 0.3) is 17.2 Å². The molecule has 8 heteroatoms. The summed E-state index contributed by atoms with van der Waals surface area (Å²) >= 11 is 1.49. The van der Waals surface area contributed by atoms with Crippen molar-refractivity contribution in [3.63, 3.8) is 0 Å². The number of aromatic nitrogens is 5. The summed E-state index contributed by atoms with van der Waals surface area (Å²) in [6, 6.07) is 8.07. The Morgan fingerprint density at radius 2 is 2.03 bits per heavy atom.